The summed E-state index contributed by atoms with van der Waals surface area (Å²) in [5.41, 5.74) is 1.73. The Morgan fingerprint density at radius 3 is 2.48 bits per heavy atom. The number of amides is 1. The first kappa shape index (κ1) is 19.3. The summed E-state index contributed by atoms with van der Waals surface area (Å²) < 4.78 is 14.6. The highest BCUT2D eigenvalue weighted by molar-refractivity contribution is 6.31. The largest absolute Gasteiger partial charge is 0.478 e. The van der Waals surface area contributed by atoms with E-state index in [0.29, 0.717) is 36.2 Å². The van der Waals surface area contributed by atoms with E-state index in [0.717, 1.165) is 0 Å². The van der Waals surface area contributed by atoms with Crippen molar-refractivity contribution in [3.8, 4) is 0 Å². The van der Waals surface area contributed by atoms with Crippen LogP contribution in [0.3, 0.4) is 0 Å². The van der Waals surface area contributed by atoms with Crippen LogP contribution in [0.25, 0.3) is 0 Å². The van der Waals surface area contributed by atoms with Crippen LogP contribution in [-0.2, 0) is 9.59 Å². The smallest absolute Gasteiger partial charge is 0.335 e. The molecular formula is C22H17ClFNO4. The number of halogens is 2. The second kappa shape index (κ2) is 7.44. The minimum Gasteiger partial charge on any atom is -0.478 e. The second-order valence-electron chi connectivity index (χ2n) is 7.11. The zero-order valence-corrected chi connectivity index (χ0v) is 16.1. The van der Waals surface area contributed by atoms with Crippen molar-refractivity contribution in [1.29, 1.82) is 0 Å². The van der Waals surface area contributed by atoms with E-state index in [1.54, 1.807) is 18.2 Å². The molecule has 5 nitrogen and oxygen atoms in total. The first-order valence-corrected chi connectivity index (χ1v) is 9.62. The minimum atomic E-state index is -1.07. The van der Waals surface area contributed by atoms with Gasteiger partial charge in [0, 0.05) is 46.3 Å². The number of anilines is 1. The zero-order chi connectivity index (χ0) is 20.7. The topological polar surface area (TPSA) is 74.7 Å². The summed E-state index contributed by atoms with van der Waals surface area (Å²) in [7, 11) is 0. The third-order valence-corrected chi connectivity index (χ3v) is 5.73. The summed E-state index contributed by atoms with van der Waals surface area (Å²) in [6.45, 7) is 0. The molecule has 0 radical (unpaired) electrons. The number of ketones is 1. The van der Waals surface area contributed by atoms with E-state index >= 15 is 0 Å². The van der Waals surface area contributed by atoms with Crippen molar-refractivity contribution >= 4 is 34.9 Å². The molecule has 0 spiro atoms. The maximum absolute atomic E-state index is 14.6. The molecule has 2 aromatic rings. The summed E-state index contributed by atoms with van der Waals surface area (Å²) in [6, 6.07) is 10.2. The van der Waals surface area contributed by atoms with Crippen molar-refractivity contribution < 1.29 is 23.9 Å². The van der Waals surface area contributed by atoms with E-state index in [9.17, 15) is 18.8 Å². The SMILES string of the molecule is O=C1CCCC2=C1C(c1c(F)cccc1Cl)CC(=O)N2c1ccc(C(=O)O)cc1. The molecule has 2 aliphatic rings. The lowest BCUT2D eigenvalue weighted by Gasteiger charge is -2.38. The molecule has 29 heavy (non-hydrogen) atoms. The molecule has 1 heterocycles. The van der Waals surface area contributed by atoms with Crippen molar-refractivity contribution in [2.75, 3.05) is 4.90 Å². The first-order valence-electron chi connectivity index (χ1n) is 9.25. The molecule has 1 amide bonds. The van der Waals surface area contributed by atoms with Crippen LogP contribution in [0.5, 0.6) is 0 Å². The first-order chi connectivity index (χ1) is 13.9. The molecule has 1 N–H and O–H groups in total. The molecule has 1 aliphatic carbocycles. The molecule has 0 bridgehead atoms. The van der Waals surface area contributed by atoms with E-state index in [1.807, 2.05) is 0 Å². The lowest BCUT2D eigenvalue weighted by atomic mass is 9.77. The quantitative estimate of drug-likeness (QED) is 0.791. The fourth-order valence-corrected chi connectivity index (χ4v) is 4.43. The highest BCUT2D eigenvalue weighted by Crippen LogP contribution is 2.45. The van der Waals surface area contributed by atoms with Crippen molar-refractivity contribution in [2.24, 2.45) is 0 Å². The molecule has 1 unspecified atom stereocenters. The molecular weight excluding hydrogens is 397 g/mol. The molecule has 7 heteroatoms. The predicted molar refractivity (Wildman–Crippen MR) is 106 cm³/mol. The van der Waals surface area contributed by atoms with E-state index in [4.69, 9.17) is 16.7 Å². The normalized spacial score (nSPS) is 19.4. The van der Waals surface area contributed by atoms with Crippen molar-refractivity contribution in [3.63, 3.8) is 0 Å². The van der Waals surface area contributed by atoms with Crippen LogP contribution in [0.1, 0.15) is 47.5 Å². The molecule has 4 rings (SSSR count). The number of nitrogens with zero attached hydrogens (tertiary/aromatic N) is 1. The Kier molecular flexibility index (Phi) is 4.96. The highest BCUT2D eigenvalue weighted by atomic mass is 35.5. The summed E-state index contributed by atoms with van der Waals surface area (Å²) in [4.78, 5) is 38.5. The van der Waals surface area contributed by atoms with E-state index in [2.05, 4.69) is 0 Å². The van der Waals surface area contributed by atoms with E-state index < -0.39 is 17.7 Å². The van der Waals surface area contributed by atoms with Crippen LogP contribution in [0, 0.1) is 5.82 Å². The van der Waals surface area contributed by atoms with Gasteiger partial charge in [-0.3, -0.25) is 14.5 Å². The third kappa shape index (κ3) is 3.34. The van der Waals surface area contributed by atoms with Gasteiger partial charge in [-0.2, -0.15) is 0 Å². The zero-order valence-electron chi connectivity index (χ0n) is 15.3. The predicted octanol–water partition coefficient (Wildman–Crippen LogP) is 4.70. The maximum Gasteiger partial charge on any atom is 0.335 e. The third-order valence-electron chi connectivity index (χ3n) is 5.40. The lowest BCUT2D eigenvalue weighted by Crippen LogP contribution is -2.40. The summed E-state index contributed by atoms with van der Waals surface area (Å²) >= 11 is 6.24. The average Bonchev–Trinajstić information content (AvgIpc) is 2.68. The van der Waals surface area contributed by atoms with E-state index in [1.165, 1.54) is 29.2 Å². The lowest BCUT2D eigenvalue weighted by molar-refractivity contribution is -0.119. The van der Waals surface area contributed by atoms with Gasteiger partial charge in [0.1, 0.15) is 5.82 Å². The molecule has 0 saturated heterocycles. The van der Waals surface area contributed by atoms with Crippen molar-refractivity contribution in [1.82, 2.24) is 0 Å². The van der Waals surface area contributed by atoms with Crippen LogP contribution in [0.15, 0.2) is 53.7 Å². The van der Waals surface area contributed by atoms with Gasteiger partial charge in [-0.25, -0.2) is 9.18 Å². The van der Waals surface area contributed by atoms with Gasteiger partial charge in [-0.1, -0.05) is 17.7 Å². The van der Waals surface area contributed by atoms with Gasteiger partial charge in [0.05, 0.1) is 5.56 Å². The van der Waals surface area contributed by atoms with Gasteiger partial charge in [0.15, 0.2) is 5.78 Å². The van der Waals surface area contributed by atoms with Crippen LogP contribution >= 0.6 is 11.6 Å². The summed E-state index contributed by atoms with van der Waals surface area (Å²) in [5.74, 6) is -2.74. The Bertz CT molecular complexity index is 1040. The highest BCUT2D eigenvalue weighted by Gasteiger charge is 2.41. The van der Waals surface area contributed by atoms with Gasteiger partial charge in [0.2, 0.25) is 5.91 Å². The summed E-state index contributed by atoms with van der Waals surface area (Å²) in [5, 5.41) is 9.28. The number of carbonyl (C=O) groups is 3. The molecule has 0 saturated carbocycles. The minimum absolute atomic E-state index is 0.0914. The number of aromatic carboxylic acids is 1. The van der Waals surface area contributed by atoms with Gasteiger partial charge < -0.3 is 5.11 Å². The number of benzene rings is 2. The number of carboxylic acids is 1. The van der Waals surface area contributed by atoms with Crippen LogP contribution in [0.2, 0.25) is 5.02 Å². The van der Waals surface area contributed by atoms with E-state index in [-0.39, 0.29) is 34.3 Å². The fourth-order valence-electron chi connectivity index (χ4n) is 4.14. The molecule has 148 valence electrons. The molecule has 1 atom stereocenters. The van der Waals surface area contributed by atoms with Gasteiger partial charge in [-0.15, -0.1) is 0 Å². The Hall–Kier alpha value is -2.99. The van der Waals surface area contributed by atoms with Gasteiger partial charge in [-0.05, 0) is 49.2 Å². The number of carbonyl (C=O) groups excluding carboxylic acids is 2. The monoisotopic (exact) mass is 413 g/mol. The number of Topliss-reactive ketones (excluding diaryl/α,β-unsaturated/α-hetero) is 1. The fraction of sp³-hybridized carbons (Fsp3) is 0.227. The Labute approximate surface area is 171 Å². The Balaban J connectivity index is 1.86. The Morgan fingerprint density at radius 2 is 1.83 bits per heavy atom. The van der Waals surface area contributed by atoms with Gasteiger partial charge >= 0.3 is 5.97 Å². The summed E-state index contributed by atoms with van der Waals surface area (Å²) in [6.07, 6.45) is 1.33. The number of allylic oxidation sites excluding steroid dienone is 2. The molecule has 2 aromatic carbocycles. The molecule has 0 fully saturated rings. The second-order valence-corrected chi connectivity index (χ2v) is 7.52. The van der Waals surface area contributed by atoms with Crippen molar-refractivity contribution in [3.05, 3.63) is 75.7 Å². The maximum atomic E-state index is 14.6. The standard InChI is InChI=1S/C22H17ClFNO4/c23-15-3-1-4-16(24)20(15)14-11-19(27)25(17-5-2-6-18(26)21(14)17)13-9-7-12(8-10-13)22(28)29/h1,3-4,7-10,14H,2,5-6,11H2,(H,28,29). The van der Waals surface area contributed by atoms with Crippen LogP contribution in [0.4, 0.5) is 10.1 Å². The molecule has 0 aromatic heterocycles. The van der Waals surface area contributed by atoms with Crippen LogP contribution in [-0.4, -0.2) is 22.8 Å². The van der Waals surface area contributed by atoms with Crippen LogP contribution < -0.4 is 4.90 Å². The average molecular weight is 414 g/mol. The molecule has 1 aliphatic heterocycles. The number of hydrogen-bond acceptors (Lipinski definition) is 3. The number of rotatable bonds is 3. The van der Waals surface area contributed by atoms with Crippen molar-refractivity contribution in [2.45, 2.75) is 31.6 Å². The number of hydrogen-bond donors (Lipinski definition) is 1. The van der Waals surface area contributed by atoms with Gasteiger partial charge in [0.25, 0.3) is 0 Å². The number of carboxylic acid groups (broad SMARTS) is 1. The Morgan fingerprint density at radius 1 is 1.10 bits per heavy atom.